The first-order valence-electron chi connectivity index (χ1n) is 6.77. The molecule has 3 heteroatoms. The number of hydrogen-bond donors (Lipinski definition) is 1. The molecule has 1 aromatic rings. The zero-order valence-corrected chi connectivity index (χ0v) is 13.1. The largest absolute Gasteiger partial charge is 0.310 e. The van der Waals surface area contributed by atoms with E-state index in [1.807, 2.05) is 6.07 Å². The lowest BCUT2D eigenvalue weighted by Crippen LogP contribution is -2.24. The van der Waals surface area contributed by atoms with E-state index in [2.05, 4.69) is 42.0 Å². The van der Waals surface area contributed by atoms with Crippen molar-refractivity contribution in [3.63, 3.8) is 0 Å². The van der Waals surface area contributed by atoms with Crippen molar-refractivity contribution >= 4 is 15.9 Å². The fourth-order valence-corrected chi connectivity index (χ4v) is 3.02. The highest BCUT2D eigenvalue weighted by molar-refractivity contribution is 9.10. The van der Waals surface area contributed by atoms with Gasteiger partial charge in [0.15, 0.2) is 0 Å². The Kier molecular flexibility index (Phi) is 6.87. The van der Waals surface area contributed by atoms with Crippen LogP contribution < -0.4 is 5.32 Å². The molecule has 1 rings (SSSR count). The summed E-state index contributed by atoms with van der Waals surface area (Å²) >= 11 is 3.47. The minimum Gasteiger partial charge on any atom is -0.310 e. The first-order valence-corrected chi connectivity index (χ1v) is 7.56. The highest BCUT2D eigenvalue weighted by Gasteiger charge is 2.19. The third-order valence-corrected chi connectivity index (χ3v) is 3.91. The zero-order chi connectivity index (χ0) is 13.5. The Morgan fingerprint density at radius 1 is 1.33 bits per heavy atom. The van der Waals surface area contributed by atoms with E-state index in [4.69, 9.17) is 0 Å². The van der Waals surface area contributed by atoms with Crippen LogP contribution in [0.25, 0.3) is 0 Å². The summed E-state index contributed by atoms with van der Waals surface area (Å²) in [4.78, 5) is 0. The molecule has 0 aliphatic heterocycles. The van der Waals surface area contributed by atoms with Crippen LogP contribution in [0.3, 0.4) is 0 Å². The van der Waals surface area contributed by atoms with E-state index in [1.54, 1.807) is 6.07 Å². The van der Waals surface area contributed by atoms with Crippen molar-refractivity contribution in [3.05, 3.63) is 34.1 Å². The van der Waals surface area contributed by atoms with E-state index in [0.29, 0.717) is 5.92 Å². The molecule has 0 bridgehead atoms. The molecule has 0 saturated carbocycles. The van der Waals surface area contributed by atoms with Gasteiger partial charge in [-0.25, -0.2) is 4.39 Å². The van der Waals surface area contributed by atoms with Crippen molar-refractivity contribution in [1.82, 2.24) is 5.32 Å². The monoisotopic (exact) mass is 315 g/mol. The molecule has 1 aromatic carbocycles. The van der Waals surface area contributed by atoms with Gasteiger partial charge >= 0.3 is 0 Å². The standard InChI is InChI=1S/C15H23BrFN/c1-4-7-11(3)10-14(18-5-2)15-12(16)8-6-9-13(15)17/h6,8-9,11,14,18H,4-5,7,10H2,1-3H3. The summed E-state index contributed by atoms with van der Waals surface area (Å²) in [5.74, 6) is 0.476. The van der Waals surface area contributed by atoms with Gasteiger partial charge in [0.1, 0.15) is 5.82 Å². The molecule has 0 saturated heterocycles. The molecule has 18 heavy (non-hydrogen) atoms. The lowest BCUT2D eigenvalue weighted by molar-refractivity contribution is 0.385. The minimum absolute atomic E-state index is 0.0899. The fraction of sp³-hybridized carbons (Fsp3) is 0.600. The van der Waals surface area contributed by atoms with Crippen molar-refractivity contribution in [1.29, 1.82) is 0 Å². The third-order valence-electron chi connectivity index (χ3n) is 3.22. The zero-order valence-electron chi connectivity index (χ0n) is 11.5. The SMILES string of the molecule is CCCC(C)CC(NCC)c1c(F)cccc1Br. The van der Waals surface area contributed by atoms with E-state index in [9.17, 15) is 4.39 Å². The Balaban J connectivity index is 2.90. The van der Waals surface area contributed by atoms with Crippen molar-refractivity contribution in [3.8, 4) is 0 Å². The number of halogens is 2. The average molecular weight is 316 g/mol. The quantitative estimate of drug-likeness (QED) is 0.741. The molecule has 0 heterocycles. The maximum Gasteiger partial charge on any atom is 0.129 e. The maximum absolute atomic E-state index is 14.0. The van der Waals surface area contributed by atoms with E-state index < -0.39 is 0 Å². The van der Waals surface area contributed by atoms with Gasteiger partial charge in [-0.05, 0) is 31.0 Å². The molecule has 1 N–H and O–H groups in total. The summed E-state index contributed by atoms with van der Waals surface area (Å²) in [6.07, 6.45) is 3.34. The molecular formula is C15H23BrFN. The number of rotatable bonds is 7. The topological polar surface area (TPSA) is 12.0 Å². The van der Waals surface area contributed by atoms with Gasteiger partial charge in [0.25, 0.3) is 0 Å². The molecule has 0 fully saturated rings. The predicted octanol–water partition coefficient (Wildman–Crippen LogP) is 5.07. The van der Waals surface area contributed by atoms with Gasteiger partial charge in [-0.15, -0.1) is 0 Å². The van der Waals surface area contributed by atoms with Gasteiger partial charge in [-0.3, -0.25) is 0 Å². The average Bonchev–Trinajstić information content (AvgIpc) is 2.29. The van der Waals surface area contributed by atoms with Crippen LogP contribution in [0.1, 0.15) is 51.6 Å². The van der Waals surface area contributed by atoms with Crippen molar-refractivity contribution in [2.45, 2.75) is 46.1 Å². The number of hydrogen-bond acceptors (Lipinski definition) is 1. The van der Waals surface area contributed by atoms with Gasteiger partial charge in [0, 0.05) is 16.1 Å². The van der Waals surface area contributed by atoms with Gasteiger partial charge < -0.3 is 5.32 Å². The van der Waals surface area contributed by atoms with Crippen LogP contribution in [0.2, 0.25) is 0 Å². The molecular weight excluding hydrogens is 293 g/mol. The lowest BCUT2D eigenvalue weighted by atomic mass is 9.92. The first kappa shape index (κ1) is 15.6. The molecule has 0 spiro atoms. The Morgan fingerprint density at radius 3 is 2.61 bits per heavy atom. The maximum atomic E-state index is 14.0. The number of nitrogens with one attached hydrogen (secondary N) is 1. The van der Waals surface area contributed by atoms with E-state index in [1.165, 1.54) is 18.9 Å². The van der Waals surface area contributed by atoms with Crippen molar-refractivity contribution < 1.29 is 4.39 Å². The Bertz CT molecular complexity index is 347. The van der Waals surface area contributed by atoms with Crippen LogP contribution in [-0.4, -0.2) is 6.54 Å². The summed E-state index contributed by atoms with van der Waals surface area (Å²) in [7, 11) is 0. The van der Waals surface area contributed by atoms with Crippen LogP contribution in [0.5, 0.6) is 0 Å². The van der Waals surface area contributed by atoms with E-state index in [-0.39, 0.29) is 11.9 Å². The molecule has 1 nitrogen and oxygen atoms in total. The summed E-state index contributed by atoms with van der Waals surface area (Å²) in [5, 5.41) is 3.40. The molecule has 0 aromatic heterocycles. The summed E-state index contributed by atoms with van der Waals surface area (Å²) in [6.45, 7) is 7.34. The smallest absolute Gasteiger partial charge is 0.129 e. The summed E-state index contributed by atoms with van der Waals surface area (Å²) < 4.78 is 14.8. The lowest BCUT2D eigenvalue weighted by Gasteiger charge is -2.23. The second-order valence-electron chi connectivity index (χ2n) is 4.88. The van der Waals surface area contributed by atoms with Gasteiger partial charge in [-0.1, -0.05) is 55.6 Å². The highest BCUT2D eigenvalue weighted by Crippen LogP contribution is 2.31. The second-order valence-corrected chi connectivity index (χ2v) is 5.73. The van der Waals surface area contributed by atoms with Crippen LogP contribution in [0.4, 0.5) is 4.39 Å². The molecule has 0 amide bonds. The van der Waals surface area contributed by atoms with Gasteiger partial charge in [-0.2, -0.15) is 0 Å². The van der Waals surface area contributed by atoms with E-state index in [0.717, 1.165) is 23.0 Å². The Morgan fingerprint density at radius 2 is 2.06 bits per heavy atom. The number of benzene rings is 1. The third kappa shape index (κ3) is 4.36. The summed E-state index contributed by atoms with van der Waals surface area (Å²) in [6, 6.07) is 5.27. The van der Waals surface area contributed by atoms with Crippen LogP contribution >= 0.6 is 15.9 Å². The predicted molar refractivity (Wildman–Crippen MR) is 79.2 cm³/mol. The molecule has 2 unspecified atom stereocenters. The molecule has 2 atom stereocenters. The van der Waals surface area contributed by atoms with Gasteiger partial charge in [0.05, 0.1) is 0 Å². The first-order chi connectivity index (χ1) is 8.60. The normalized spacial score (nSPS) is 14.5. The van der Waals surface area contributed by atoms with Crippen LogP contribution in [0, 0.1) is 11.7 Å². The summed E-state index contributed by atoms with van der Waals surface area (Å²) in [5.41, 5.74) is 0.766. The van der Waals surface area contributed by atoms with Gasteiger partial charge in [0.2, 0.25) is 0 Å². The second kappa shape index (κ2) is 7.90. The van der Waals surface area contributed by atoms with E-state index >= 15 is 0 Å². The molecule has 102 valence electrons. The Labute approximate surface area is 118 Å². The van der Waals surface area contributed by atoms with Crippen LogP contribution in [-0.2, 0) is 0 Å². The molecule has 0 aliphatic rings. The fourth-order valence-electron chi connectivity index (χ4n) is 2.41. The van der Waals surface area contributed by atoms with Crippen LogP contribution in [0.15, 0.2) is 22.7 Å². The highest BCUT2D eigenvalue weighted by atomic mass is 79.9. The molecule has 0 radical (unpaired) electrons. The van der Waals surface area contributed by atoms with Crippen molar-refractivity contribution in [2.75, 3.05) is 6.54 Å². The molecule has 0 aliphatic carbocycles. The minimum atomic E-state index is -0.126. The van der Waals surface area contributed by atoms with Crippen molar-refractivity contribution in [2.24, 2.45) is 5.92 Å². The Hall–Kier alpha value is -0.410.